The number of rotatable bonds is 8. The number of hydrogen-bond acceptors (Lipinski definition) is 5. The number of nitrogens with zero attached hydrogens (tertiary/aromatic N) is 2. The van der Waals surface area contributed by atoms with Crippen molar-refractivity contribution in [2.24, 2.45) is 4.99 Å². The number of nitrogens with one attached hydrogen (secondary N) is 2. The molecular formula is C25H26N4O2S. The topological polar surface area (TPSA) is 78.8 Å². The van der Waals surface area contributed by atoms with E-state index in [2.05, 4.69) is 32.7 Å². The number of pyridine rings is 1. The maximum Gasteiger partial charge on any atom is 0.213 e. The molecule has 0 saturated heterocycles. The van der Waals surface area contributed by atoms with E-state index in [0.29, 0.717) is 31.5 Å². The first-order chi connectivity index (χ1) is 15.7. The maximum atomic E-state index is 10.6. The molecule has 1 atom stereocenters. The molecule has 2 aromatic carbocycles. The molecular weight excluding hydrogens is 420 g/mol. The van der Waals surface area contributed by atoms with Crippen LogP contribution in [0.25, 0.3) is 10.1 Å². The molecule has 164 valence electrons. The highest BCUT2D eigenvalue weighted by Crippen LogP contribution is 2.29. The molecule has 1 unspecified atom stereocenters. The molecule has 0 amide bonds. The molecule has 0 saturated carbocycles. The van der Waals surface area contributed by atoms with Crippen molar-refractivity contribution >= 4 is 27.4 Å². The standard InChI is InChI=1S/C25H26N4O2S/c1-26-25(29-16-21(30)23-14-20-9-5-6-10-22(20)32-23)28-15-19-11-12-27-24(13-19)31-17-18-7-3-2-4-8-18/h2-14,21,30H,15-17H2,1H3,(H2,26,28,29). The number of aliphatic hydroxyl groups is 1. The monoisotopic (exact) mass is 446 g/mol. The summed E-state index contributed by atoms with van der Waals surface area (Å²) >= 11 is 1.61. The second kappa shape index (κ2) is 10.7. The lowest BCUT2D eigenvalue weighted by Gasteiger charge is -2.15. The van der Waals surface area contributed by atoms with Crippen LogP contribution in [0.5, 0.6) is 5.88 Å². The normalized spacial score (nSPS) is 12.5. The summed E-state index contributed by atoms with van der Waals surface area (Å²) in [7, 11) is 1.71. The van der Waals surface area contributed by atoms with E-state index in [9.17, 15) is 5.11 Å². The highest BCUT2D eigenvalue weighted by molar-refractivity contribution is 7.19. The number of aliphatic hydroxyl groups excluding tert-OH is 1. The molecule has 0 fully saturated rings. The lowest BCUT2D eigenvalue weighted by atomic mass is 10.2. The van der Waals surface area contributed by atoms with E-state index < -0.39 is 6.10 Å². The number of thiophene rings is 1. The molecule has 0 spiro atoms. The van der Waals surface area contributed by atoms with Crippen molar-refractivity contribution in [3.8, 4) is 5.88 Å². The zero-order chi connectivity index (χ0) is 22.2. The van der Waals surface area contributed by atoms with Crippen LogP contribution in [0.15, 0.2) is 84.0 Å². The van der Waals surface area contributed by atoms with Gasteiger partial charge in [-0.05, 0) is 34.7 Å². The van der Waals surface area contributed by atoms with Crippen molar-refractivity contribution in [3.05, 3.63) is 95.0 Å². The van der Waals surface area contributed by atoms with Crippen molar-refractivity contribution in [2.75, 3.05) is 13.6 Å². The number of aliphatic imine (C=N–C) groups is 1. The van der Waals surface area contributed by atoms with Crippen molar-refractivity contribution in [1.29, 1.82) is 0 Å². The Morgan fingerprint density at radius 1 is 1.03 bits per heavy atom. The second-order valence-electron chi connectivity index (χ2n) is 7.29. The van der Waals surface area contributed by atoms with Crippen LogP contribution < -0.4 is 15.4 Å². The molecule has 4 rings (SSSR count). The van der Waals surface area contributed by atoms with Crippen LogP contribution in [0, 0.1) is 0 Å². The summed E-state index contributed by atoms with van der Waals surface area (Å²) in [6, 6.07) is 24.0. The van der Waals surface area contributed by atoms with Gasteiger partial charge in [-0.1, -0.05) is 48.5 Å². The number of benzene rings is 2. The lowest BCUT2D eigenvalue weighted by Crippen LogP contribution is -2.38. The number of guanidine groups is 1. The smallest absolute Gasteiger partial charge is 0.213 e. The van der Waals surface area contributed by atoms with Crippen LogP contribution in [0.1, 0.15) is 22.1 Å². The van der Waals surface area contributed by atoms with Crippen LogP contribution in [0.3, 0.4) is 0 Å². The molecule has 0 radical (unpaired) electrons. The molecule has 0 bridgehead atoms. The van der Waals surface area contributed by atoms with E-state index >= 15 is 0 Å². The van der Waals surface area contributed by atoms with Gasteiger partial charge < -0.3 is 20.5 Å². The molecule has 7 heteroatoms. The Labute approximate surface area is 191 Å². The minimum absolute atomic E-state index is 0.369. The van der Waals surface area contributed by atoms with Gasteiger partial charge in [0.05, 0.1) is 0 Å². The van der Waals surface area contributed by atoms with Crippen molar-refractivity contribution < 1.29 is 9.84 Å². The Bertz CT molecular complexity index is 1140. The quantitative estimate of drug-likeness (QED) is 0.278. The average Bonchev–Trinajstić information content (AvgIpc) is 3.28. The van der Waals surface area contributed by atoms with E-state index in [-0.39, 0.29) is 0 Å². The average molecular weight is 447 g/mol. The van der Waals surface area contributed by atoms with Crippen LogP contribution in [-0.2, 0) is 13.2 Å². The first-order valence-corrected chi connectivity index (χ1v) is 11.3. The first kappa shape index (κ1) is 21.8. The van der Waals surface area contributed by atoms with Crippen LogP contribution in [-0.4, -0.2) is 29.6 Å². The zero-order valence-corrected chi connectivity index (χ0v) is 18.7. The van der Waals surface area contributed by atoms with Gasteiger partial charge in [0.2, 0.25) is 5.88 Å². The fourth-order valence-electron chi connectivity index (χ4n) is 3.24. The number of hydrogen-bond donors (Lipinski definition) is 3. The lowest BCUT2D eigenvalue weighted by molar-refractivity contribution is 0.184. The van der Waals surface area contributed by atoms with Gasteiger partial charge in [-0.15, -0.1) is 11.3 Å². The van der Waals surface area contributed by atoms with Crippen molar-refractivity contribution in [3.63, 3.8) is 0 Å². The van der Waals surface area contributed by atoms with Crippen molar-refractivity contribution in [2.45, 2.75) is 19.3 Å². The van der Waals surface area contributed by atoms with Gasteiger partial charge in [-0.3, -0.25) is 4.99 Å². The minimum Gasteiger partial charge on any atom is -0.473 e. The van der Waals surface area contributed by atoms with Crippen LogP contribution in [0.4, 0.5) is 0 Å². The van der Waals surface area contributed by atoms with Gasteiger partial charge in [-0.2, -0.15) is 0 Å². The van der Waals surface area contributed by atoms with Gasteiger partial charge >= 0.3 is 0 Å². The molecule has 0 aliphatic rings. The Hall–Kier alpha value is -3.42. The van der Waals surface area contributed by atoms with Gasteiger partial charge in [-0.25, -0.2) is 4.98 Å². The fourth-order valence-corrected chi connectivity index (χ4v) is 4.29. The van der Waals surface area contributed by atoms with E-state index in [4.69, 9.17) is 4.74 Å². The number of aromatic nitrogens is 1. The summed E-state index contributed by atoms with van der Waals surface area (Å²) in [5, 5.41) is 18.2. The summed E-state index contributed by atoms with van der Waals surface area (Å²) in [6.07, 6.45) is 1.13. The fraction of sp³-hybridized carbons (Fsp3) is 0.200. The Kier molecular flexibility index (Phi) is 7.32. The van der Waals surface area contributed by atoms with Gasteiger partial charge in [0.1, 0.15) is 12.7 Å². The van der Waals surface area contributed by atoms with Gasteiger partial charge in [0.25, 0.3) is 0 Å². The first-order valence-electron chi connectivity index (χ1n) is 10.4. The molecule has 6 nitrogen and oxygen atoms in total. The van der Waals surface area contributed by atoms with Crippen molar-refractivity contribution in [1.82, 2.24) is 15.6 Å². The Morgan fingerprint density at radius 2 is 1.84 bits per heavy atom. The predicted octanol–water partition coefficient (Wildman–Crippen LogP) is 4.27. The molecule has 2 aromatic heterocycles. The Balaban J connectivity index is 1.27. The molecule has 0 aliphatic carbocycles. The second-order valence-corrected chi connectivity index (χ2v) is 8.40. The Morgan fingerprint density at radius 3 is 2.66 bits per heavy atom. The summed E-state index contributed by atoms with van der Waals surface area (Å²) < 4.78 is 6.98. The summed E-state index contributed by atoms with van der Waals surface area (Å²) in [5.74, 6) is 1.20. The molecule has 2 heterocycles. The molecule has 0 aliphatic heterocycles. The zero-order valence-electron chi connectivity index (χ0n) is 17.9. The van der Waals surface area contributed by atoms with E-state index in [1.165, 1.54) is 4.70 Å². The van der Waals surface area contributed by atoms with E-state index in [1.807, 2.05) is 60.7 Å². The summed E-state index contributed by atoms with van der Waals surface area (Å²) in [4.78, 5) is 9.47. The van der Waals surface area contributed by atoms with E-state index in [0.717, 1.165) is 21.4 Å². The largest absolute Gasteiger partial charge is 0.473 e. The maximum absolute atomic E-state index is 10.6. The number of ether oxygens (including phenoxy) is 1. The van der Waals surface area contributed by atoms with Gasteiger partial charge in [0.15, 0.2) is 5.96 Å². The summed E-state index contributed by atoms with van der Waals surface area (Å²) in [5.41, 5.74) is 2.12. The molecule has 32 heavy (non-hydrogen) atoms. The third-order valence-electron chi connectivity index (χ3n) is 4.95. The highest BCUT2D eigenvalue weighted by atomic mass is 32.1. The SMILES string of the molecule is CN=C(NCc1ccnc(OCc2ccccc2)c1)NCC(O)c1cc2ccccc2s1. The predicted molar refractivity (Wildman–Crippen MR) is 130 cm³/mol. The molecule has 4 aromatic rings. The third-order valence-corrected chi connectivity index (χ3v) is 6.17. The van der Waals surface area contributed by atoms with E-state index in [1.54, 1.807) is 24.6 Å². The van der Waals surface area contributed by atoms with Crippen LogP contribution >= 0.6 is 11.3 Å². The third kappa shape index (κ3) is 5.84. The van der Waals surface area contributed by atoms with Crippen LogP contribution in [0.2, 0.25) is 0 Å². The van der Waals surface area contributed by atoms with Gasteiger partial charge in [0, 0.05) is 42.0 Å². The summed E-state index contributed by atoms with van der Waals surface area (Å²) in [6.45, 7) is 1.40. The number of fused-ring (bicyclic) bond motifs is 1. The molecule has 3 N–H and O–H groups in total. The minimum atomic E-state index is -0.607. The highest BCUT2D eigenvalue weighted by Gasteiger charge is 2.12.